The minimum Gasteiger partial charge on any atom is -1.00 e. The Balaban J connectivity index is 0. The minimum absolute atomic E-state index is 0. The van der Waals surface area contributed by atoms with Gasteiger partial charge in [-0.3, -0.25) is 0 Å². The minimum atomic E-state index is -4.17. The average molecular weight is 267 g/mol. The summed E-state index contributed by atoms with van der Waals surface area (Å²) in [5.41, 5.74) is 0.802. The van der Waals surface area contributed by atoms with Crippen LogP contribution in [0.1, 0.15) is 24.3 Å². The van der Waals surface area contributed by atoms with Crippen LogP contribution in [0.2, 0.25) is 0 Å². The van der Waals surface area contributed by atoms with Gasteiger partial charge in [0.15, 0.2) is 5.75 Å². The van der Waals surface area contributed by atoms with E-state index in [-0.39, 0.29) is 38.2 Å². The monoisotopic (exact) mass is 267 g/mol. The molecule has 0 radical (unpaired) electrons. The van der Waals surface area contributed by atoms with Crippen LogP contribution in [0.5, 0.6) is 5.75 Å². The molecule has 0 amide bonds. The van der Waals surface area contributed by atoms with Crippen molar-refractivity contribution in [3.8, 4) is 5.75 Å². The van der Waals surface area contributed by atoms with E-state index in [1.165, 1.54) is 12.1 Å². The molecule has 0 saturated heterocycles. The van der Waals surface area contributed by atoms with E-state index in [1.807, 2.05) is 0 Å². The van der Waals surface area contributed by atoms with E-state index in [2.05, 4.69) is 4.18 Å². The van der Waals surface area contributed by atoms with Crippen molar-refractivity contribution in [3.05, 3.63) is 29.3 Å². The number of ether oxygens (including phenoxy) is 1. The van der Waals surface area contributed by atoms with Crippen molar-refractivity contribution in [2.45, 2.75) is 13.8 Å². The number of hydrogen-bond acceptors (Lipinski definition) is 5. The molecule has 0 unspecified atom stereocenters. The molecule has 1 aromatic carbocycles. The van der Waals surface area contributed by atoms with Crippen molar-refractivity contribution >= 4 is 16.3 Å². The number of carbonyl (C=O) groups excluding carboxylic acids is 1. The maximum Gasteiger partial charge on any atom is 1.00 e. The van der Waals surface area contributed by atoms with Crippen LogP contribution in [-0.2, 0) is 15.0 Å². The van der Waals surface area contributed by atoms with E-state index < -0.39 is 16.3 Å². The summed E-state index contributed by atoms with van der Waals surface area (Å²) in [6.07, 6.45) is 0. The summed E-state index contributed by atoms with van der Waals surface area (Å²) in [5, 5.41) is 4.75. The Kier molecular flexibility index (Phi) is 6.42. The summed E-state index contributed by atoms with van der Waals surface area (Å²) >= 11 is 0. The summed E-state index contributed by atoms with van der Waals surface area (Å²) in [5.74, 6) is -0.800. The molecule has 0 aliphatic rings. The fourth-order valence-electron chi connectivity index (χ4n) is 1.21. The van der Waals surface area contributed by atoms with Crippen molar-refractivity contribution < 1.29 is 42.4 Å². The zero-order valence-electron chi connectivity index (χ0n) is 11.5. The number of carbonyl (C=O) groups is 1. The van der Waals surface area contributed by atoms with Crippen molar-refractivity contribution in [2.24, 2.45) is 5.14 Å². The van der Waals surface area contributed by atoms with Crippen LogP contribution in [0.4, 0.5) is 0 Å². The maximum atomic E-state index is 11.6. The molecule has 0 spiro atoms. The molecule has 0 aromatic heterocycles. The van der Waals surface area contributed by atoms with Gasteiger partial charge in [-0.1, -0.05) is 6.07 Å². The van der Waals surface area contributed by atoms with Crippen LogP contribution < -0.4 is 28.2 Å². The van der Waals surface area contributed by atoms with Gasteiger partial charge in [0.2, 0.25) is 0 Å². The van der Waals surface area contributed by atoms with Gasteiger partial charge in [-0.2, -0.15) is 13.6 Å². The van der Waals surface area contributed by atoms with Gasteiger partial charge in [0.25, 0.3) is 0 Å². The van der Waals surface area contributed by atoms with Gasteiger partial charge in [-0.25, -0.2) is 4.79 Å². The van der Waals surface area contributed by atoms with Gasteiger partial charge in [0.1, 0.15) is 5.56 Å². The van der Waals surface area contributed by atoms with Crippen LogP contribution in [0.3, 0.4) is 0 Å². The second-order valence-corrected chi connectivity index (χ2v) is 4.45. The Morgan fingerprint density at radius 2 is 2.06 bits per heavy atom. The van der Waals surface area contributed by atoms with Crippen LogP contribution >= 0.6 is 0 Å². The van der Waals surface area contributed by atoms with E-state index >= 15 is 0 Å². The molecule has 0 fully saturated rings. The van der Waals surface area contributed by atoms with Gasteiger partial charge >= 0.3 is 35.1 Å². The smallest absolute Gasteiger partial charge is 1.00 e. The fraction of sp³-hybridized carbons (Fsp3) is 0.300. The zero-order valence-corrected chi connectivity index (χ0v) is 11.3. The predicted octanol–water partition coefficient (Wildman–Crippen LogP) is -2.13. The standard InChI is InChI=1S/C10H13NO5S.Li.H/c1-3-15-10(12)8-6-7(2)4-5-9(8)16-17(11,13)14;;/h4-6H,3H2,1-2H3,(H2,11,13,14);;/q;+1;-1. The third-order valence-corrected chi connectivity index (χ3v) is 2.25. The Labute approximate surface area is 119 Å². The molecular formula is C10H14LiNO5S. The van der Waals surface area contributed by atoms with Crippen LogP contribution in [-0.4, -0.2) is 21.0 Å². The number of esters is 1. The summed E-state index contributed by atoms with van der Waals surface area (Å²) < 4.78 is 30.9. The molecule has 18 heavy (non-hydrogen) atoms. The average Bonchev–Trinajstić information content (AvgIpc) is 2.19. The predicted molar refractivity (Wildman–Crippen MR) is 62.0 cm³/mol. The number of nitrogens with two attached hydrogens (primary N) is 1. The van der Waals surface area contributed by atoms with Crippen LogP contribution in [0.15, 0.2) is 18.2 Å². The van der Waals surface area contributed by atoms with Crippen molar-refractivity contribution in [2.75, 3.05) is 6.61 Å². The first kappa shape index (κ1) is 17.0. The van der Waals surface area contributed by atoms with Gasteiger partial charge in [-0.05, 0) is 31.5 Å². The largest absolute Gasteiger partial charge is 1.00 e. The molecule has 0 aliphatic carbocycles. The number of hydrogen-bond donors (Lipinski definition) is 1. The van der Waals surface area contributed by atoms with Crippen LogP contribution in [0, 0.1) is 6.92 Å². The number of aryl methyl sites for hydroxylation is 1. The summed E-state index contributed by atoms with van der Waals surface area (Å²) in [7, 11) is -4.17. The molecule has 6 nitrogen and oxygen atoms in total. The Morgan fingerprint density at radius 3 is 2.56 bits per heavy atom. The zero-order chi connectivity index (χ0) is 13.1. The van der Waals surface area contributed by atoms with E-state index in [4.69, 9.17) is 9.88 Å². The van der Waals surface area contributed by atoms with Crippen molar-refractivity contribution in [3.63, 3.8) is 0 Å². The molecule has 0 atom stereocenters. The molecule has 0 heterocycles. The molecular weight excluding hydrogens is 253 g/mol. The number of rotatable bonds is 4. The SMILES string of the molecule is CCOC(=O)c1cc(C)ccc1OS(N)(=O)=O.[H-].[Li+]. The molecule has 8 heteroatoms. The molecule has 1 rings (SSSR count). The van der Waals surface area contributed by atoms with Crippen molar-refractivity contribution in [1.29, 1.82) is 0 Å². The molecule has 2 N–H and O–H groups in total. The topological polar surface area (TPSA) is 95.7 Å². The maximum absolute atomic E-state index is 11.6. The molecule has 1 aromatic rings. The van der Waals surface area contributed by atoms with E-state index in [9.17, 15) is 13.2 Å². The Hall–Kier alpha value is -1.00. The second-order valence-electron chi connectivity index (χ2n) is 3.30. The third-order valence-electron chi connectivity index (χ3n) is 1.84. The quantitative estimate of drug-likeness (QED) is 0.496. The molecule has 96 valence electrons. The first-order valence-corrected chi connectivity index (χ1v) is 6.30. The normalized spacial score (nSPS) is 10.4. The van der Waals surface area contributed by atoms with Gasteiger partial charge in [-0.15, -0.1) is 0 Å². The molecule has 0 saturated carbocycles. The summed E-state index contributed by atoms with van der Waals surface area (Å²) in [6.45, 7) is 3.58. The first-order chi connectivity index (χ1) is 7.83. The van der Waals surface area contributed by atoms with E-state index in [0.717, 1.165) is 5.56 Å². The van der Waals surface area contributed by atoms with Crippen LogP contribution in [0.25, 0.3) is 0 Å². The van der Waals surface area contributed by atoms with Gasteiger partial charge < -0.3 is 10.3 Å². The van der Waals surface area contributed by atoms with Crippen molar-refractivity contribution in [1.82, 2.24) is 0 Å². The Bertz CT molecular complexity index is 535. The number of benzene rings is 1. The second kappa shape index (κ2) is 6.80. The third kappa shape index (κ3) is 5.10. The summed E-state index contributed by atoms with van der Waals surface area (Å²) in [6, 6.07) is 4.42. The first-order valence-electron chi connectivity index (χ1n) is 4.83. The Morgan fingerprint density at radius 1 is 1.44 bits per heavy atom. The van der Waals surface area contributed by atoms with E-state index in [1.54, 1.807) is 19.9 Å². The van der Waals surface area contributed by atoms with E-state index in [0.29, 0.717) is 0 Å². The summed E-state index contributed by atoms with van der Waals surface area (Å²) in [4.78, 5) is 11.6. The van der Waals surface area contributed by atoms with Gasteiger partial charge in [0, 0.05) is 0 Å². The fourth-order valence-corrected chi connectivity index (χ4v) is 1.61. The van der Waals surface area contributed by atoms with Gasteiger partial charge in [0.05, 0.1) is 6.61 Å². The molecule has 0 bridgehead atoms. The molecule has 0 aliphatic heterocycles.